The second-order valence-corrected chi connectivity index (χ2v) is 6.12. The first-order valence-electron chi connectivity index (χ1n) is 6.64. The minimum Gasteiger partial charge on any atom is -0.395 e. The molecule has 0 spiro atoms. The van der Waals surface area contributed by atoms with E-state index in [0.29, 0.717) is 6.04 Å². The molecule has 1 aliphatic carbocycles. The molecule has 0 aliphatic heterocycles. The Bertz CT molecular complexity index is 549. The summed E-state index contributed by atoms with van der Waals surface area (Å²) in [6.07, 6.45) is 5.24. The molecule has 3 nitrogen and oxygen atoms in total. The third kappa shape index (κ3) is 2.05. The summed E-state index contributed by atoms with van der Waals surface area (Å²) < 4.78 is 1.16. The third-order valence-corrected chi connectivity index (χ3v) is 4.79. The molecule has 0 radical (unpaired) electrons. The van der Waals surface area contributed by atoms with E-state index in [9.17, 15) is 0 Å². The van der Waals surface area contributed by atoms with Gasteiger partial charge in [0.1, 0.15) is 5.52 Å². The average Bonchev–Trinajstić information content (AvgIpc) is 2.84. The number of nitrogens with one attached hydrogen (secondary N) is 1. The minimum absolute atomic E-state index is 0.553. The first-order chi connectivity index (χ1) is 8.75. The molecule has 1 aliphatic rings. The number of rotatable bonds is 2. The zero-order chi connectivity index (χ0) is 12.5. The predicted octanol–water partition coefficient (Wildman–Crippen LogP) is 3.87. The first-order valence-corrected chi connectivity index (χ1v) is 7.52. The Morgan fingerprint density at radius 3 is 3.00 bits per heavy atom. The van der Waals surface area contributed by atoms with Crippen molar-refractivity contribution >= 4 is 32.9 Å². The zero-order valence-electron chi connectivity index (χ0n) is 10.6. The molecule has 0 amide bonds. The summed E-state index contributed by atoms with van der Waals surface area (Å²) in [6, 6.07) is 4.76. The van der Waals surface area contributed by atoms with Crippen LogP contribution in [0.2, 0.25) is 0 Å². The summed E-state index contributed by atoms with van der Waals surface area (Å²) in [6.45, 7) is 2.33. The fourth-order valence-corrected chi connectivity index (χ4v) is 3.50. The van der Waals surface area contributed by atoms with Crippen LogP contribution in [0.1, 0.15) is 32.6 Å². The van der Waals surface area contributed by atoms with Crippen molar-refractivity contribution < 1.29 is 0 Å². The van der Waals surface area contributed by atoms with E-state index in [1.807, 2.05) is 5.51 Å². The molecule has 1 saturated carbocycles. The highest BCUT2D eigenvalue weighted by Gasteiger charge is 2.21. The normalized spacial score (nSPS) is 24.3. The number of aromatic nitrogens is 1. The van der Waals surface area contributed by atoms with Gasteiger partial charge in [-0.15, -0.1) is 11.3 Å². The lowest BCUT2D eigenvalue weighted by atomic mass is 9.86. The average molecular weight is 261 g/mol. The van der Waals surface area contributed by atoms with Gasteiger partial charge in [-0.05, 0) is 30.9 Å². The number of hydrogen-bond donors (Lipinski definition) is 2. The van der Waals surface area contributed by atoms with Gasteiger partial charge in [-0.1, -0.05) is 19.8 Å². The lowest BCUT2D eigenvalue weighted by Gasteiger charge is -2.30. The van der Waals surface area contributed by atoms with E-state index < -0.39 is 0 Å². The van der Waals surface area contributed by atoms with E-state index in [1.165, 1.54) is 25.7 Å². The molecule has 2 atom stereocenters. The Labute approximate surface area is 111 Å². The van der Waals surface area contributed by atoms with Crippen LogP contribution in [0.25, 0.3) is 10.2 Å². The van der Waals surface area contributed by atoms with Crippen LogP contribution in [-0.2, 0) is 0 Å². The van der Waals surface area contributed by atoms with E-state index in [1.54, 1.807) is 11.3 Å². The van der Waals surface area contributed by atoms with Crippen LogP contribution >= 0.6 is 11.3 Å². The number of thiazole rings is 1. The van der Waals surface area contributed by atoms with Crippen LogP contribution in [-0.4, -0.2) is 11.0 Å². The maximum absolute atomic E-state index is 6.21. The molecule has 2 unspecified atom stereocenters. The van der Waals surface area contributed by atoms with Gasteiger partial charge in [0.25, 0.3) is 0 Å². The van der Waals surface area contributed by atoms with E-state index >= 15 is 0 Å². The summed E-state index contributed by atoms with van der Waals surface area (Å²) in [5, 5.41) is 3.62. The van der Waals surface area contributed by atoms with E-state index in [2.05, 4.69) is 29.4 Å². The van der Waals surface area contributed by atoms with Gasteiger partial charge in [-0.2, -0.15) is 0 Å². The maximum Gasteiger partial charge on any atom is 0.106 e. The number of nitrogens with two attached hydrogens (primary N) is 1. The second kappa shape index (κ2) is 4.76. The highest BCUT2D eigenvalue weighted by Crippen LogP contribution is 2.33. The molecule has 1 aromatic carbocycles. The SMILES string of the molecule is CC1CCCCC1Nc1ccc2scnc2c1N. The van der Waals surface area contributed by atoms with Gasteiger partial charge in [0.05, 0.1) is 21.6 Å². The summed E-state index contributed by atoms with van der Waals surface area (Å²) in [7, 11) is 0. The Balaban J connectivity index is 1.87. The van der Waals surface area contributed by atoms with Crippen LogP contribution in [0.4, 0.5) is 11.4 Å². The van der Waals surface area contributed by atoms with Gasteiger partial charge < -0.3 is 11.1 Å². The molecule has 1 aromatic heterocycles. The van der Waals surface area contributed by atoms with Crippen LogP contribution in [0, 0.1) is 5.92 Å². The lowest BCUT2D eigenvalue weighted by Crippen LogP contribution is -2.30. The van der Waals surface area contributed by atoms with Gasteiger partial charge in [0, 0.05) is 6.04 Å². The summed E-state index contributed by atoms with van der Waals surface area (Å²) >= 11 is 1.64. The standard InChI is InChI=1S/C14H19N3S/c1-9-4-2-3-5-10(9)17-11-6-7-12-14(13(11)15)16-8-18-12/h6-10,17H,2-5,15H2,1H3. The third-order valence-electron chi connectivity index (χ3n) is 3.99. The quantitative estimate of drug-likeness (QED) is 0.807. The van der Waals surface area contributed by atoms with Gasteiger partial charge in [0.15, 0.2) is 0 Å². The van der Waals surface area contributed by atoms with Crippen LogP contribution in [0.5, 0.6) is 0 Å². The topological polar surface area (TPSA) is 50.9 Å². The highest BCUT2D eigenvalue weighted by atomic mass is 32.1. The Morgan fingerprint density at radius 2 is 2.17 bits per heavy atom. The largest absolute Gasteiger partial charge is 0.395 e. The maximum atomic E-state index is 6.21. The number of hydrogen-bond acceptors (Lipinski definition) is 4. The molecule has 3 N–H and O–H groups in total. The number of anilines is 2. The predicted molar refractivity (Wildman–Crippen MR) is 79.1 cm³/mol. The van der Waals surface area contributed by atoms with Crippen molar-refractivity contribution in [1.82, 2.24) is 4.98 Å². The summed E-state index contributed by atoms with van der Waals surface area (Å²) in [5.74, 6) is 0.726. The molecule has 96 valence electrons. The van der Waals surface area contributed by atoms with Crippen LogP contribution in [0.15, 0.2) is 17.6 Å². The summed E-state index contributed by atoms with van der Waals surface area (Å²) in [4.78, 5) is 4.34. The second-order valence-electron chi connectivity index (χ2n) is 5.24. The van der Waals surface area contributed by atoms with E-state index in [0.717, 1.165) is 27.5 Å². The van der Waals surface area contributed by atoms with Crippen molar-refractivity contribution in [3.05, 3.63) is 17.6 Å². The monoisotopic (exact) mass is 261 g/mol. The smallest absolute Gasteiger partial charge is 0.106 e. The molecule has 4 heteroatoms. The molecule has 18 heavy (non-hydrogen) atoms. The van der Waals surface area contributed by atoms with Gasteiger partial charge in [-0.25, -0.2) is 4.98 Å². The van der Waals surface area contributed by atoms with E-state index in [-0.39, 0.29) is 0 Å². The zero-order valence-corrected chi connectivity index (χ0v) is 11.5. The Hall–Kier alpha value is -1.29. The lowest BCUT2D eigenvalue weighted by molar-refractivity contribution is 0.349. The summed E-state index contributed by atoms with van der Waals surface area (Å²) in [5.41, 5.74) is 10.8. The van der Waals surface area contributed by atoms with Crippen LogP contribution < -0.4 is 11.1 Å². The molecular formula is C14H19N3S. The molecule has 1 fully saturated rings. The van der Waals surface area contributed by atoms with Crippen molar-refractivity contribution in [2.24, 2.45) is 5.92 Å². The van der Waals surface area contributed by atoms with Crippen molar-refractivity contribution in [3.8, 4) is 0 Å². The van der Waals surface area contributed by atoms with Crippen molar-refractivity contribution in [3.63, 3.8) is 0 Å². The number of nitrogen functional groups attached to an aromatic ring is 1. The van der Waals surface area contributed by atoms with Crippen LogP contribution in [0.3, 0.4) is 0 Å². The van der Waals surface area contributed by atoms with Gasteiger partial charge >= 0.3 is 0 Å². The highest BCUT2D eigenvalue weighted by molar-refractivity contribution is 7.16. The molecule has 0 saturated heterocycles. The van der Waals surface area contributed by atoms with Crippen molar-refractivity contribution in [2.75, 3.05) is 11.1 Å². The fourth-order valence-electron chi connectivity index (χ4n) is 2.81. The molecule has 1 heterocycles. The number of benzene rings is 1. The van der Waals surface area contributed by atoms with Gasteiger partial charge in [0.2, 0.25) is 0 Å². The molecule has 2 aromatic rings. The first kappa shape index (κ1) is 11.8. The van der Waals surface area contributed by atoms with Crippen molar-refractivity contribution in [2.45, 2.75) is 38.6 Å². The molecular weight excluding hydrogens is 242 g/mol. The number of nitrogens with zero attached hydrogens (tertiary/aromatic N) is 1. The molecule has 3 rings (SSSR count). The molecule has 0 bridgehead atoms. The van der Waals surface area contributed by atoms with E-state index in [4.69, 9.17) is 5.73 Å². The Morgan fingerprint density at radius 1 is 1.33 bits per heavy atom. The minimum atomic E-state index is 0.553. The van der Waals surface area contributed by atoms with Crippen molar-refractivity contribution in [1.29, 1.82) is 0 Å². The fraction of sp³-hybridized carbons (Fsp3) is 0.500. The Kier molecular flexibility index (Phi) is 3.12. The van der Waals surface area contributed by atoms with Gasteiger partial charge in [-0.3, -0.25) is 0 Å². The number of fused-ring (bicyclic) bond motifs is 1.